The number of hydrogen-bond donors (Lipinski definition) is 2. The molecule has 0 spiro atoms. The summed E-state index contributed by atoms with van der Waals surface area (Å²) in [7, 11) is 0. The summed E-state index contributed by atoms with van der Waals surface area (Å²) in [5.74, 6) is -0.684. The van der Waals surface area contributed by atoms with Crippen molar-refractivity contribution in [3.05, 3.63) is 101 Å². The molecule has 0 fully saturated rings. The first-order valence-electron chi connectivity index (χ1n) is 11.2. The van der Waals surface area contributed by atoms with Gasteiger partial charge in [-0.2, -0.15) is 4.98 Å². The van der Waals surface area contributed by atoms with Crippen molar-refractivity contribution < 1.29 is 14.0 Å². The first kappa shape index (κ1) is 23.8. The Hall–Kier alpha value is -4.33. The van der Waals surface area contributed by atoms with Crippen molar-refractivity contribution in [1.29, 1.82) is 0 Å². The second kappa shape index (κ2) is 9.89. The number of anilines is 1. The second-order valence-electron chi connectivity index (χ2n) is 8.81. The fraction of sp³-hybridized carbons (Fsp3) is 0.185. The molecule has 4 rings (SSSR count). The molecule has 0 atom stereocenters. The van der Waals surface area contributed by atoms with E-state index in [2.05, 4.69) is 20.7 Å². The molecule has 8 heteroatoms. The van der Waals surface area contributed by atoms with Gasteiger partial charge in [-0.15, -0.1) is 5.10 Å². The standard InChI is InChI=1S/C27H26FN5O2/c1-18-9-11-20(12-10-18)23-29-26(32-33(23)17-19-7-5-4-6-8-19)30-25(35)27(2,3)31-24(34)21-13-15-22(28)16-14-21/h4-16H,17H2,1-3H3,(H,31,34)(H,30,32,35). The van der Waals surface area contributed by atoms with Crippen LogP contribution in [0.3, 0.4) is 0 Å². The predicted molar refractivity (Wildman–Crippen MR) is 132 cm³/mol. The van der Waals surface area contributed by atoms with Gasteiger partial charge in [-0.05, 0) is 50.6 Å². The van der Waals surface area contributed by atoms with Gasteiger partial charge in [-0.3, -0.25) is 14.9 Å². The third-order valence-electron chi connectivity index (χ3n) is 5.48. The number of aryl methyl sites for hydroxylation is 1. The Bertz CT molecular complexity index is 1330. The zero-order valence-corrected chi connectivity index (χ0v) is 19.7. The van der Waals surface area contributed by atoms with E-state index in [0.717, 1.165) is 16.7 Å². The summed E-state index contributed by atoms with van der Waals surface area (Å²) in [6.07, 6.45) is 0. The molecule has 1 aromatic heterocycles. The van der Waals surface area contributed by atoms with Crippen molar-refractivity contribution in [3.8, 4) is 11.4 Å². The molecule has 7 nitrogen and oxygen atoms in total. The summed E-state index contributed by atoms with van der Waals surface area (Å²) in [4.78, 5) is 30.2. The number of rotatable bonds is 7. The molecule has 0 unspecified atom stereocenters. The highest BCUT2D eigenvalue weighted by molar-refractivity contribution is 6.02. The van der Waals surface area contributed by atoms with Gasteiger partial charge in [0.1, 0.15) is 11.4 Å². The molecule has 0 saturated heterocycles. The fourth-order valence-corrected chi connectivity index (χ4v) is 3.45. The molecule has 4 aromatic rings. The Morgan fingerprint density at radius 3 is 2.26 bits per heavy atom. The molecule has 35 heavy (non-hydrogen) atoms. The van der Waals surface area contributed by atoms with Crippen LogP contribution in [0, 0.1) is 12.7 Å². The van der Waals surface area contributed by atoms with E-state index in [0.29, 0.717) is 12.4 Å². The lowest BCUT2D eigenvalue weighted by molar-refractivity contribution is -0.121. The van der Waals surface area contributed by atoms with Gasteiger partial charge < -0.3 is 5.32 Å². The van der Waals surface area contributed by atoms with E-state index in [-0.39, 0.29) is 11.5 Å². The number of aromatic nitrogens is 3. The number of carbonyl (C=O) groups is 2. The second-order valence-corrected chi connectivity index (χ2v) is 8.81. The predicted octanol–water partition coefficient (Wildman–Crippen LogP) is 4.59. The van der Waals surface area contributed by atoms with Gasteiger partial charge >= 0.3 is 0 Å². The number of halogens is 1. The molecule has 178 valence electrons. The maximum atomic E-state index is 13.2. The maximum Gasteiger partial charge on any atom is 0.252 e. The van der Waals surface area contributed by atoms with Gasteiger partial charge in [0.15, 0.2) is 5.82 Å². The Morgan fingerprint density at radius 1 is 0.943 bits per heavy atom. The first-order chi connectivity index (χ1) is 16.7. The van der Waals surface area contributed by atoms with E-state index in [4.69, 9.17) is 0 Å². The Balaban J connectivity index is 1.56. The van der Waals surface area contributed by atoms with Crippen LogP contribution in [0.1, 0.15) is 35.3 Å². The van der Waals surface area contributed by atoms with Gasteiger partial charge in [-0.1, -0.05) is 60.2 Å². The lowest BCUT2D eigenvalue weighted by Crippen LogP contribution is -2.52. The van der Waals surface area contributed by atoms with Crippen molar-refractivity contribution in [2.24, 2.45) is 0 Å². The van der Waals surface area contributed by atoms with E-state index >= 15 is 0 Å². The number of nitrogens with zero attached hydrogens (tertiary/aromatic N) is 3. The summed E-state index contributed by atoms with van der Waals surface area (Å²) >= 11 is 0. The number of hydrogen-bond acceptors (Lipinski definition) is 4. The Morgan fingerprint density at radius 2 is 1.60 bits per heavy atom. The van der Waals surface area contributed by atoms with E-state index in [1.807, 2.05) is 61.5 Å². The van der Waals surface area contributed by atoms with E-state index in [9.17, 15) is 14.0 Å². The minimum Gasteiger partial charge on any atom is -0.338 e. The maximum absolute atomic E-state index is 13.2. The van der Waals surface area contributed by atoms with Crippen LogP contribution < -0.4 is 10.6 Å². The van der Waals surface area contributed by atoms with Gasteiger partial charge in [0.2, 0.25) is 5.95 Å². The van der Waals surface area contributed by atoms with Gasteiger partial charge in [-0.25, -0.2) is 9.07 Å². The molecule has 3 aromatic carbocycles. The summed E-state index contributed by atoms with van der Waals surface area (Å²) < 4.78 is 14.9. The van der Waals surface area contributed by atoms with Crippen molar-refractivity contribution >= 4 is 17.8 Å². The number of benzene rings is 3. The molecule has 2 amide bonds. The van der Waals surface area contributed by atoms with E-state index < -0.39 is 23.2 Å². The molecular formula is C27H26FN5O2. The normalized spacial score (nSPS) is 11.2. The van der Waals surface area contributed by atoms with Crippen LogP contribution in [0.4, 0.5) is 10.3 Å². The Labute approximate surface area is 203 Å². The lowest BCUT2D eigenvalue weighted by atomic mass is 10.0. The van der Waals surface area contributed by atoms with Crippen molar-refractivity contribution in [2.75, 3.05) is 5.32 Å². The van der Waals surface area contributed by atoms with Crippen LogP contribution in [0.2, 0.25) is 0 Å². The Kier molecular flexibility index (Phi) is 6.73. The minimum atomic E-state index is -1.28. The molecule has 0 saturated carbocycles. The van der Waals surface area contributed by atoms with E-state index in [1.165, 1.54) is 24.3 Å². The fourth-order valence-electron chi connectivity index (χ4n) is 3.45. The van der Waals surface area contributed by atoms with Crippen molar-refractivity contribution in [2.45, 2.75) is 32.9 Å². The number of carbonyl (C=O) groups excluding carboxylic acids is 2. The van der Waals surface area contributed by atoms with E-state index in [1.54, 1.807) is 18.5 Å². The van der Waals surface area contributed by atoms with Crippen LogP contribution in [0.5, 0.6) is 0 Å². The molecule has 2 N–H and O–H groups in total. The van der Waals surface area contributed by atoms with Crippen LogP contribution in [0.25, 0.3) is 11.4 Å². The molecule has 0 bridgehead atoms. The number of amides is 2. The average Bonchev–Trinajstić information content (AvgIpc) is 3.22. The smallest absolute Gasteiger partial charge is 0.252 e. The van der Waals surface area contributed by atoms with Crippen LogP contribution in [-0.4, -0.2) is 32.1 Å². The largest absolute Gasteiger partial charge is 0.338 e. The van der Waals surface area contributed by atoms with Crippen molar-refractivity contribution in [3.63, 3.8) is 0 Å². The van der Waals surface area contributed by atoms with Crippen LogP contribution >= 0.6 is 0 Å². The highest BCUT2D eigenvalue weighted by Crippen LogP contribution is 2.21. The zero-order chi connectivity index (χ0) is 25.0. The third-order valence-corrected chi connectivity index (χ3v) is 5.48. The molecular weight excluding hydrogens is 445 g/mol. The molecule has 0 radical (unpaired) electrons. The van der Waals surface area contributed by atoms with Gasteiger partial charge in [0, 0.05) is 11.1 Å². The van der Waals surface area contributed by atoms with Crippen LogP contribution in [0.15, 0.2) is 78.9 Å². The molecule has 0 aliphatic heterocycles. The number of nitrogens with one attached hydrogen (secondary N) is 2. The SMILES string of the molecule is Cc1ccc(-c2nc(NC(=O)C(C)(C)NC(=O)c3ccc(F)cc3)nn2Cc2ccccc2)cc1. The summed E-state index contributed by atoms with van der Waals surface area (Å²) in [5, 5.41) is 9.92. The van der Waals surface area contributed by atoms with Gasteiger partial charge in [0.05, 0.1) is 6.54 Å². The first-order valence-corrected chi connectivity index (χ1v) is 11.2. The van der Waals surface area contributed by atoms with Crippen LogP contribution in [-0.2, 0) is 11.3 Å². The lowest BCUT2D eigenvalue weighted by Gasteiger charge is -2.24. The molecule has 0 aliphatic rings. The molecule has 1 heterocycles. The summed E-state index contributed by atoms with van der Waals surface area (Å²) in [6.45, 7) is 5.63. The highest BCUT2D eigenvalue weighted by Gasteiger charge is 2.31. The highest BCUT2D eigenvalue weighted by atomic mass is 19.1. The third kappa shape index (κ3) is 5.78. The van der Waals surface area contributed by atoms with Gasteiger partial charge in [0.25, 0.3) is 11.8 Å². The molecule has 0 aliphatic carbocycles. The minimum absolute atomic E-state index is 0.130. The zero-order valence-electron chi connectivity index (χ0n) is 19.7. The topological polar surface area (TPSA) is 88.9 Å². The summed E-state index contributed by atoms with van der Waals surface area (Å²) in [5.41, 5.74) is 1.99. The monoisotopic (exact) mass is 471 g/mol. The average molecular weight is 472 g/mol. The summed E-state index contributed by atoms with van der Waals surface area (Å²) in [6, 6.07) is 22.8. The van der Waals surface area contributed by atoms with Crippen molar-refractivity contribution in [1.82, 2.24) is 20.1 Å². The quantitative estimate of drug-likeness (QED) is 0.413.